The normalized spacial score (nSPS) is 15.0. The number of pyridine rings is 1. The number of carbonyl (C=O) groups is 1. The second-order valence-corrected chi connectivity index (χ2v) is 5.94. The highest BCUT2D eigenvalue weighted by Crippen LogP contribution is 2.17. The molecule has 1 aliphatic heterocycles. The van der Waals surface area contributed by atoms with E-state index in [1.54, 1.807) is 19.2 Å². The van der Waals surface area contributed by atoms with E-state index in [1.165, 1.54) is 0 Å². The molecule has 1 aromatic heterocycles. The fourth-order valence-corrected chi connectivity index (χ4v) is 2.78. The van der Waals surface area contributed by atoms with Crippen LogP contribution < -0.4 is 9.47 Å². The Kier molecular flexibility index (Phi) is 5.85. The summed E-state index contributed by atoms with van der Waals surface area (Å²) in [5.41, 5.74) is 1.06. The Bertz CT molecular complexity index is 668. The molecule has 0 saturated carbocycles. The Morgan fingerprint density at radius 3 is 2.40 bits per heavy atom. The SMILES string of the molecule is COc1ccc(OCC(=O)N2CCN(Cc3ccccn3)CC2)cc1. The Morgan fingerprint density at radius 1 is 1.04 bits per heavy atom. The van der Waals surface area contributed by atoms with Gasteiger partial charge in [0.05, 0.1) is 12.8 Å². The molecule has 6 nitrogen and oxygen atoms in total. The molecule has 1 aliphatic rings. The van der Waals surface area contributed by atoms with Crippen molar-refractivity contribution in [1.82, 2.24) is 14.8 Å². The highest BCUT2D eigenvalue weighted by molar-refractivity contribution is 5.77. The largest absolute Gasteiger partial charge is 0.497 e. The maximum absolute atomic E-state index is 12.3. The van der Waals surface area contributed by atoms with Gasteiger partial charge in [-0.2, -0.15) is 0 Å². The second kappa shape index (κ2) is 8.48. The molecular weight excluding hydrogens is 318 g/mol. The van der Waals surface area contributed by atoms with Gasteiger partial charge in [-0.05, 0) is 36.4 Å². The van der Waals surface area contributed by atoms with E-state index in [-0.39, 0.29) is 12.5 Å². The first-order chi connectivity index (χ1) is 12.2. The van der Waals surface area contributed by atoms with Gasteiger partial charge in [-0.15, -0.1) is 0 Å². The number of benzene rings is 1. The zero-order valence-electron chi connectivity index (χ0n) is 14.4. The van der Waals surface area contributed by atoms with Crippen molar-refractivity contribution < 1.29 is 14.3 Å². The average molecular weight is 341 g/mol. The topological polar surface area (TPSA) is 54.9 Å². The molecule has 0 unspecified atom stereocenters. The molecule has 3 rings (SSSR count). The maximum Gasteiger partial charge on any atom is 0.260 e. The van der Waals surface area contributed by atoms with E-state index in [9.17, 15) is 4.79 Å². The predicted molar refractivity (Wildman–Crippen MR) is 94.6 cm³/mol. The van der Waals surface area contributed by atoms with Crippen LogP contribution in [0.5, 0.6) is 11.5 Å². The highest BCUT2D eigenvalue weighted by atomic mass is 16.5. The summed E-state index contributed by atoms with van der Waals surface area (Å²) in [4.78, 5) is 20.8. The summed E-state index contributed by atoms with van der Waals surface area (Å²) in [6, 6.07) is 13.2. The van der Waals surface area contributed by atoms with Crippen LogP contribution in [0.25, 0.3) is 0 Å². The number of amides is 1. The Balaban J connectivity index is 1.41. The molecule has 0 aliphatic carbocycles. The van der Waals surface area contributed by atoms with Crippen molar-refractivity contribution in [3.05, 3.63) is 54.4 Å². The van der Waals surface area contributed by atoms with E-state index >= 15 is 0 Å². The van der Waals surface area contributed by atoms with Crippen molar-refractivity contribution in [1.29, 1.82) is 0 Å². The molecule has 1 amide bonds. The van der Waals surface area contributed by atoms with Crippen LogP contribution in [0, 0.1) is 0 Å². The van der Waals surface area contributed by atoms with Crippen LogP contribution in [0.1, 0.15) is 5.69 Å². The van der Waals surface area contributed by atoms with Crippen LogP contribution in [-0.4, -0.2) is 60.6 Å². The number of hydrogen-bond donors (Lipinski definition) is 0. The van der Waals surface area contributed by atoms with Crippen molar-refractivity contribution in [2.45, 2.75) is 6.54 Å². The minimum Gasteiger partial charge on any atom is -0.497 e. The zero-order valence-corrected chi connectivity index (χ0v) is 14.4. The number of piperazine rings is 1. The molecular formula is C19H23N3O3. The molecule has 25 heavy (non-hydrogen) atoms. The van der Waals surface area contributed by atoms with Crippen LogP contribution in [-0.2, 0) is 11.3 Å². The third kappa shape index (κ3) is 4.93. The van der Waals surface area contributed by atoms with Crippen LogP contribution >= 0.6 is 0 Å². The molecule has 1 saturated heterocycles. The van der Waals surface area contributed by atoms with Gasteiger partial charge in [0, 0.05) is 38.9 Å². The Hall–Kier alpha value is -2.60. The summed E-state index contributed by atoms with van der Waals surface area (Å²) in [6.07, 6.45) is 1.81. The van der Waals surface area contributed by atoms with Crippen molar-refractivity contribution >= 4 is 5.91 Å². The second-order valence-electron chi connectivity index (χ2n) is 5.94. The third-order valence-electron chi connectivity index (χ3n) is 4.26. The van der Waals surface area contributed by atoms with Crippen LogP contribution in [0.4, 0.5) is 0 Å². The van der Waals surface area contributed by atoms with Crippen LogP contribution in [0.3, 0.4) is 0 Å². The lowest BCUT2D eigenvalue weighted by Gasteiger charge is -2.34. The fraction of sp³-hybridized carbons (Fsp3) is 0.368. The molecule has 2 heterocycles. The molecule has 0 atom stereocenters. The molecule has 0 bridgehead atoms. The van der Waals surface area contributed by atoms with Crippen LogP contribution in [0.15, 0.2) is 48.7 Å². The minimum absolute atomic E-state index is 0.0216. The van der Waals surface area contributed by atoms with E-state index < -0.39 is 0 Å². The Labute approximate surface area is 148 Å². The third-order valence-corrected chi connectivity index (χ3v) is 4.26. The zero-order chi connectivity index (χ0) is 17.5. The van der Waals surface area contributed by atoms with Gasteiger partial charge in [-0.25, -0.2) is 0 Å². The molecule has 0 radical (unpaired) electrons. The first kappa shape index (κ1) is 17.2. The summed E-state index contributed by atoms with van der Waals surface area (Å²) in [5, 5.41) is 0. The minimum atomic E-state index is 0.0216. The van der Waals surface area contributed by atoms with E-state index in [1.807, 2.05) is 41.4 Å². The molecule has 132 valence electrons. The van der Waals surface area contributed by atoms with E-state index in [0.29, 0.717) is 5.75 Å². The number of methoxy groups -OCH3 is 1. The lowest BCUT2D eigenvalue weighted by Crippen LogP contribution is -2.49. The van der Waals surface area contributed by atoms with Crippen LogP contribution in [0.2, 0.25) is 0 Å². The van der Waals surface area contributed by atoms with E-state index in [2.05, 4.69) is 9.88 Å². The summed E-state index contributed by atoms with van der Waals surface area (Å²) >= 11 is 0. The van der Waals surface area contributed by atoms with E-state index in [0.717, 1.165) is 44.2 Å². The van der Waals surface area contributed by atoms with E-state index in [4.69, 9.17) is 9.47 Å². The smallest absolute Gasteiger partial charge is 0.260 e. The molecule has 0 spiro atoms. The monoisotopic (exact) mass is 341 g/mol. The van der Waals surface area contributed by atoms with Gasteiger partial charge >= 0.3 is 0 Å². The number of aromatic nitrogens is 1. The van der Waals surface area contributed by atoms with Crippen molar-refractivity contribution in [2.24, 2.45) is 0 Å². The first-order valence-corrected chi connectivity index (χ1v) is 8.41. The van der Waals surface area contributed by atoms with Crippen molar-refractivity contribution in [2.75, 3.05) is 39.9 Å². The molecule has 1 aromatic carbocycles. The van der Waals surface area contributed by atoms with Gasteiger partial charge in [-0.1, -0.05) is 6.07 Å². The lowest BCUT2D eigenvalue weighted by molar-refractivity contribution is -0.135. The summed E-state index contributed by atoms with van der Waals surface area (Å²) in [6.45, 7) is 4.03. The molecule has 2 aromatic rings. The number of rotatable bonds is 6. The van der Waals surface area contributed by atoms with Gasteiger partial charge in [0.1, 0.15) is 11.5 Å². The number of nitrogens with zero attached hydrogens (tertiary/aromatic N) is 3. The van der Waals surface area contributed by atoms with Gasteiger partial charge in [0.15, 0.2) is 6.61 Å². The average Bonchev–Trinajstić information content (AvgIpc) is 2.68. The van der Waals surface area contributed by atoms with Crippen molar-refractivity contribution in [3.63, 3.8) is 0 Å². The van der Waals surface area contributed by atoms with Crippen molar-refractivity contribution in [3.8, 4) is 11.5 Å². The van der Waals surface area contributed by atoms with Gasteiger partial charge in [0.25, 0.3) is 5.91 Å². The van der Waals surface area contributed by atoms with Gasteiger partial charge < -0.3 is 14.4 Å². The van der Waals surface area contributed by atoms with Gasteiger partial charge in [0.2, 0.25) is 0 Å². The summed E-state index contributed by atoms with van der Waals surface area (Å²) in [5.74, 6) is 1.46. The summed E-state index contributed by atoms with van der Waals surface area (Å²) in [7, 11) is 1.62. The lowest BCUT2D eigenvalue weighted by atomic mass is 10.2. The number of hydrogen-bond acceptors (Lipinski definition) is 5. The number of carbonyl (C=O) groups excluding carboxylic acids is 1. The number of ether oxygens (including phenoxy) is 2. The fourth-order valence-electron chi connectivity index (χ4n) is 2.78. The highest BCUT2D eigenvalue weighted by Gasteiger charge is 2.21. The molecule has 0 N–H and O–H groups in total. The quantitative estimate of drug-likeness (QED) is 0.802. The maximum atomic E-state index is 12.3. The standard InChI is InChI=1S/C19H23N3O3/c1-24-17-5-7-18(8-6-17)25-15-19(23)22-12-10-21(11-13-22)14-16-4-2-3-9-20-16/h2-9H,10-15H2,1H3. The molecule has 6 heteroatoms. The first-order valence-electron chi connectivity index (χ1n) is 8.41. The Morgan fingerprint density at radius 2 is 1.76 bits per heavy atom. The molecule has 1 fully saturated rings. The van der Waals surface area contributed by atoms with Gasteiger partial charge in [-0.3, -0.25) is 14.7 Å². The predicted octanol–water partition coefficient (Wildman–Crippen LogP) is 1.81. The summed E-state index contributed by atoms with van der Waals surface area (Å²) < 4.78 is 10.7.